The fraction of sp³-hybridized carbons (Fsp3) is 0.500. The van der Waals surface area contributed by atoms with E-state index in [1.807, 2.05) is 6.92 Å². The third-order valence-corrected chi connectivity index (χ3v) is 6.36. The number of amides is 1. The summed E-state index contributed by atoms with van der Waals surface area (Å²) in [6.45, 7) is 3.34. The lowest BCUT2D eigenvalue weighted by Gasteiger charge is -2.30. The minimum Gasteiger partial charge on any atom is -0.356 e. The maximum Gasteiger partial charge on any atom is 0.243 e. The first-order chi connectivity index (χ1) is 12.5. The number of benzene rings is 1. The standard InChI is InChI=1S/C16H22N6O3S/c1-2-9-17-16(23)13-7-10-22(11-8-13)26(24,25)14-5-3-12(4-6-14)15-18-20-21-19-15/h3-6,13H,2,7-11H2,1H3,(H2,17,18,19,20,21,23)/p-1. The highest BCUT2D eigenvalue weighted by atomic mass is 32.2. The van der Waals surface area contributed by atoms with Crippen LogP contribution in [0.25, 0.3) is 11.4 Å². The van der Waals surface area contributed by atoms with Crippen LogP contribution in [0.3, 0.4) is 0 Å². The molecule has 140 valence electrons. The summed E-state index contributed by atoms with van der Waals surface area (Å²) in [7, 11) is -3.58. The third kappa shape index (κ3) is 3.91. The van der Waals surface area contributed by atoms with Crippen LogP contribution in [0, 0.1) is 5.92 Å². The number of hydrogen-bond donors (Lipinski definition) is 1. The normalized spacial score (nSPS) is 16.5. The predicted molar refractivity (Wildman–Crippen MR) is 93.4 cm³/mol. The second-order valence-electron chi connectivity index (χ2n) is 6.20. The molecular formula is C16H21N6O3S-. The van der Waals surface area contributed by atoms with Gasteiger partial charge in [-0.3, -0.25) is 15.1 Å². The molecule has 0 spiro atoms. The van der Waals surface area contributed by atoms with E-state index in [0.717, 1.165) is 6.42 Å². The zero-order chi connectivity index (χ0) is 18.6. The molecule has 1 fully saturated rings. The molecule has 1 amide bonds. The van der Waals surface area contributed by atoms with Crippen LogP contribution < -0.4 is 10.4 Å². The molecular weight excluding hydrogens is 356 g/mol. The van der Waals surface area contributed by atoms with Crippen LogP contribution in [0.1, 0.15) is 26.2 Å². The highest BCUT2D eigenvalue weighted by Gasteiger charge is 2.31. The number of hydrogen-bond acceptors (Lipinski definition) is 6. The summed E-state index contributed by atoms with van der Waals surface area (Å²) in [6, 6.07) is 6.33. The fourth-order valence-corrected chi connectivity index (χ4v) is 4.41. The molecule has 10 heteroatoms. The highest BCUT2D eigenvalue weighted by molar-refractivity contribution is 7.89. The number of aromatic nitrogens is 4. The molecule has 9 nitrogen and oxygen atoms in total. The SMILES string of the molecule is CCCNC(=O)C1CCN(S(=O)(=O)c2ccc(-c3nnn[n-]3)cc2)CC1. The molecule has 1 N–H and O–H groups in total. The summed E-state index contributed by atoms with van der Waals surface area (Å²) in [5.41, 5.74) is 0.653. The molecule has 1 aliphatic rings. The van der Waals surface area contributed by atoms with Crippen molar-refractivity contribution in [3.05, 3.63) is 24.3 Å². The van der Waals surface area contributed by atoms with Gasteiger partial charge in [-0.25, -0.2) is 8.42 Å². The Morgan fingerprint density at radius 2 is 1.96 bits per heavy atom. The number of sulfonamides is 1. The van der Waals surface area contributed by atoms with Gasteiger partial charge in [0.1, 0.15) is 0 Å². The van der Waals surface area contributed by atoms with Crippen LogP contribution in [-0.4, -0.2) is 53.8 Å². The zero-order valence-electron chi connectivity index (χ0n) is 14.5. The van der Waals surface area contributed by atoms with Crippen molar-refractivity contribution in [2.45, 2.75) is 31.1 Å². The molecule has 0 unspecified atom stereocenters. The minimum absolute atomic E-state index is 0.0187. The van der Waals surface area contributed by atoms with Gasteiger partial charge < -0.3 is 10.4 Å². The summed E-state index contributed by atoms with van der Waals surface area (Å²) in [4.78, 5) is 12.2. The molecule has 0 radical (unpaired) electrons. The second kappa shape index (κ2) is 7.92. The van der Waals surface area contributed by atoms with Gasteiger partial charge in [0.2, 0.25) is 15.9 Å². The fourth-order valence-electron chi connectivity index (χ4n) is 2.94. The van der Waals surface area contributed by atoms with Crippen molar-refractivity contribution < 1.29 is 13.2 Å². The molecule has 1 saturated heterocycles. The Hall–Kier alpha value is -2.33. The Morgan fingerprint density at radius 1 is 1.27 bits per heavy atom. The monoisotopic (exact) mass is 377 g/mol. The summed E-state index contributed by atoms with van der Waals surface area (Å²) < 4.78 is 27.0. The molecule has 3 rings (SSSR count). The van der Waals surface area contributed by atoms with Crippen molar-refractivity contribution >= 4 is 15.9 Å². The van der Waals surface area contributed by atoms with E-state index in [-0.39, 0.29) is 16.7 Å². The average molecular weight is 377 g/mol. The van der Waals surface area contributed by atoms with Crippen molar-refractivity contribution in [3.63, 3.8) is 0 Å². The highest BCUT2D eigenvalue weighted by Crippen LogP contribution is 2.25. The Balaban J connectivity index is 1.65. The van der Waals surface area contributed by atoms with Crippen molar-refractivity contribution in [2.24, 2.45) is 5.92 Å². The lowest BCUT2D eigenvalue weighted by molar-refractivity contribution is -0.126. The van der Waals surface area contributed by atoms with E-state index in [1.54, 1.807) is 12.1 Å². The van der Waals surface area contributed by atoms with Crippen LogP contribution in [0.4, 0.5) is 0 Å². The van der Waals surface area contributed by atoms with E-state index in [4.69, 9.17) is 0 Å². The molecule has 0 atom stereocenters. The Morgan fingerprint density at radius 3 is 2.54 bits per heavy atom. The largest absolute Gasteiger partial charge is 0.356 e. The molecule has 1 aromatic heterocycles. The van der Waals surface area contributed by atoms with Crippen molar-refractivity contribution in [1.82, 2.24) is 30.2 Å². The van der Waals surface area contributed by atoms with E-state index >= 15 is 0 Å². The second-order valence-corrected chi connectivity index (χ2v) is 8.13. The number of carbonyl (C=O) groups excluding carboxylic acids is 1. The molecule has 1 aliphatic heterocycles. The molecule has 0 aliphatic carbocycles. The van der Waals surface area contributed by atoms with Crippen LogP contribution in [-0.2, 0) is 14.8 Å². The lowest BCUT2D eigenvalue weighted by Crippen LogP contribution is -2.43. The van der Waals surface area contributed by atoms with E-state index < -0.39 is 10.0 Å². The van der Waals surface area contributed by atoms with Gasteiger partial charge in [0.15, 0.2) is 0 Å². The van der Waals surface area contributed by atoms with Gasteiger partial charge in [-0.15, -0.1) is 0 Å². The van der Waals surface area contributed by atoms with Crippen LogP contribution in [0.5, 0.6) is 0 Å². The maximum absolute atomic E-state index is 12.8. The average Bonchev–Trinajstić information content (AvgIpc) is 3.21. The minimum atomic E-state index is -3.58. The van der Waals surface area contributed by atoms with E-state index in [2.05, 4.69) is 25.9 Å². The Labute approximate surface area is 152 Å². The van der Waals surface area contributed by atoms with Crippen molar-refractivity contribution in [1.29, 1.82) is 0 Å². The van der Waals surface area contributed by atoms with Crippen LogP contribution >= 0.6 is 0 Å². The molecule has 0 saturated carbocycles. The molecule has 2 heterocycles. The number of carbonyl (C=O) groups is 1. The quantitative estimate of drug-likeness (QED) is 0.775. The lowest BCUT2D eigenvalue weighted by atomic mass is 9.97. The molecule has 1 aromatic carbocycles. The number of piperidine rings is 1. The number of rotatable bonds is 6. The van der Waals surface area contributed by atoms with Gasteiger partial charge >= 0.3 is 0 Å². The predicted octanol–water partition coefficient (Wildman–Crippen LogP) is 0.423. The Bertz CT molecular complexity index is 827. The summed E-state index contributed by atoms with van der Waals surface area (Å²) in [6.07, 6.45) is 1.95. The number of nitrogens with zero attached hydrogens (tertiary/aromatic N) is 5. The summed E-state index contributed by atoms with van der Waals surface area (Å²) in [5, 5.41) is 17.2. The Kier molecular flexibility index (Phi) is 5.62. The van der Waals surface area contributed by atoms with Gasteiger partial charge in [0, 0.05) is 31.4 Å². The molecule has 26 heavy (non-hydrogen) atoms. The van der Waals surface area contributed by atoms with E-state index in [0.29, 0.717) is 43.9 Å². The maximum atomic E-state index is 12.8. The molecule has 0 bridgehead atoms. The van der Waals surface area contributed by atoms with Gasteiger partial charge in [-0.1, -0.05) is 19.1 Å². The van der Waals surface area contributed by atoms with Gasteiger partial charge in [0.05, 0.1) is 4.90 Å². The van der Waals surface area contributed by atoms with Crippen molar-refractivity contribution in [2.75, 3.05) is 19.6 Å². The summed E-state index contributed by atoms with van der Waals surface area (Å²) >= 11 is 0. The van der Waals surface area contributed by atoms with E-state index in [9.17, 15) is 13.2 Å². The number of nitrogens with one attached hydrogen (secondary N) is 1. The number of tetrazole rings is 1. The first-order valence-electron chi connectivity index (χ1n) is 8.59. The van der Waals surface area contributed by atoms with Crippen molar-refractivity contribution in [3.8, 4) is 11.4 Å². The van der Waals surface area contributed by atoms with Crippen LogP contribution in [0.2, 0.25) is 0 Å². The third-order valence-electron chi connectivity index (χ3n) is 4.44. The first-order valence-corrected chi connectivity index (χ1v) is 10.0. The first kappa shape index (κ1) is 18.5. The zero-order valence-corrected chi connectivity index (χ0v) is 15.3. The topological polar surface area (TPSA) is 119 Å². The van der Waals surface area contributed by atoms with Crippen LogP contribution in [0.15, 0.2) is 29.2 Å². The summed E-state index contributed by atoms with van der Waals surface area (Å²) in [5.74, 6) is 0.253. The van der Waals surface area contributed by atoms with E-state index in [1.165, 1.54) is 16.4 Å². The van der Waals surface area contributed by atoms with Gasteiger partial charge in [0.25, 0.3) is 0 Å². The molecule has 2 aromatic rings. The smallest absolute Gasteiger partial charge is 0.243 e. The van der Waals surface area contributed by atoms with Gasteiger partial charge in [-0.05, 0) is 37.0 Å². The van der Waals surface area contributed by atoms with Gasteiger partial charge in [-0.2, -0.15) is 9.52 Å².